The van der Waals surface area contributed by atoms with Crippen LogP contribution in [0.2, 0.25) is 0 Å². The summed E-state index contributed by atoms with van der Waals surface area (Å²) >= 11 is 0. The average molecular weight is 635 g/mol. The smallest absolute Gasteiger partial charge is 0.270 e. The number of nitrogens with one attached hydrogen (secondary N) is 4. The zero-order chi connectivity index (χ0) is 33.4. The molecular formula is C34H34N8O5. The highest BCUT2D eigenvalue weighted by Gasteiger charge is 2.30. The van der Waals surface area contributed by atoms with Crippen molar-refractivity contribution in [3.8, 4) is 17.1 Å². The molecule has 0 aliphatic heterocycles. The Bertz CT molecular complexity index is 1830. The lowest BCUT2D eigenvalue weighted by atomic mass is 9.94. The number of anilines is 1. The van der Waals surface area contributed by atoms with Gasteiger partial charge in [0, 0.05) is 23.4 Å². The van der Waals surface area contributed by atoms with Crippen molar-refractivity contribution >= 4 is 23.4 Å². The van der Waals surface area contributed by atoms with Gasteiger partial charge >= 0.3 is 0 Å². The van der Waals surface area contributed by atoms with Gasteiger partial charge in [-0.3, -0.25) is 14.4 Å². The normalized spacial score (nSPS) is 12.4. The Kier molecular flexibility index (Phi) is 9.96. The van der Waals surface area contributed by atoms with E-state index in [9.17, 15) is 19.5 Å². The lowest BCUT2D eigenvalue weighted by Crippen LogP contribution is -2.50. The van der Waals surface area contributed by atoms with Gasteiger partial charge in [-0.1, -0.05) is 72.8 Å². The number of tetrazole rings is 1. The van der Waals surface area contributed by atoms with E-state index in [0.717, 1.165) is 11.1 Å². The monoisotopic (exact) mass is 634 g/mol. The molecule has 2 atom stereocenters. The van der Waals surface area contributed by atoms with Crippen LogP contribution in [0.5, 0.6) is 5.75 Å². The van der Waals surface area contributed by atoms with E-state index in [2.05, 4.69) is 41.6 Å². The molecule has 240 valence electrons. The van der Waals surface area contributed by atoms with Crippen molar-refractivity contribution in [3.63, 3.8) is 0 Å². The lowest BCUT2D eigenvalue weighted by molar-refractivity contribution is -0.125. The number of aromatic nitrogens is 5. The molecule has 13 nitrogen and oxygen atoms in total. The fourth-order valence-electron chi connectivity index (χ4n) is 4.90. The van der Waals surface area contributed by atoms with Crippen molar-refractivity contribution in [1.82, 2.24) is 36.2 Å². The summed E-state index contributed by atoms with van der Waals surface area (Å²) in [5.41, 5.74) is 1.70. The number of carbonyl (C=O) groups is 3. The standard InChI is InChI=1S/C34H34N8O5/c1-34(2,23-14-8-5-9-15-23)38-32(45)28-20-25(47-3)19-27(36-28)31(44)37-26(17-21-11-6-4-7-12-21)29(43)33(46)35-24-16-10-13-22(18-24)30-39-41-42-40-30/h4-16,18-20,26,29,43H,17H2,1-3H3,(H,35,46)(H,37,44)(H,38,45)(H,39,40,41,42)/t26-,29-/m0/s1. The van der Waals surface area contributed by atoms with E-state index >= 15 is 0 Å². The molecule has 5 aromatic rings. The summed E-state index contributed by atoms with van der Waals surface area (Å²) in [4.78, 5) is 44.6. The van der Waals surface area contributed by atoms with Crippen LogP contribution in [0.15, 0.2) is 97.1 Å². The number of amides is 3. The number of hydrogen-bond acceptors (Lipinski definition) is 9. The van der Waals surface area contributed by atoms with E-state index in [-0.39, 0.29) is 23.6 Å². The van der Waals surface area contributed by atoms with Crippen LogP contribution in [0.25, 0.3) is 11.4 Å². The third-order valence-electron chi connectivity index (χ3n) is 7.42. The van der Waals surface area contributed by atoms with Crippen LogP contribution in [-0.2, 0) is 16.8 Å². The van der Waals surface area contributed by atoms with Crippen LogP contribution in [0.1, 0.15) is 46.0 Å². The SMILES string of the molecule is COc1cc(C(=O)N[C@@H](Cc2ccccc2)[C@H](O)C(=O)Nc2cccc(-c3nn[nH]n3)c2)nc(C(=O)NC(C)(C)c2ccccc2)c1. The first-order valence-corrected chi connectivity index (χ1v) is 14.7. The minimum absolute atomic E-state index is 0.0436. The maximum atomic E-state index is 13.6. The van der Waals surface area contributed by atoms with E-state index in [1.807, 2.05) is 74.5 Å². The molecule has 13 heteroatoms. The van der Waals surface area contributed by atoms with Crippen LogP contribution in [0, 0.1) is 0 Å². The van der Waals surface area contributed by atoms with Gasteiger partial charge in [0.2, 0.25) is 5.82 Å². The fraction of sp³-hybridized carbons (Fsp3) is 0.206. The van der Waals surface area contributed by atoms with E-state index in [4.69, 9.17) is 4.74 Å². The summed E-state index contributed by atoms with van der Waals surface area (Å²) in [6.07, 6.45) is -1.56. The Morgan fingerprint density at radius 2 is 1.57 bits per heavy atom. The molecule has 0 aliphatic rings. The first-order valence-electron chi connectivity index (χ1n) is 14.7. The third kappa shape index (κ3) is 8.21. The highest BCUT2D eigenvalue weighted by molar-refractivity contribution is 5.99. The molecule has 0 unspecified atom stereocenters. The van der Waals surface area contributed by atoms with E-state index < -0.39 is 35.4 Å². The number of aliphatic hydroxyl groups is 1. The molecule has 0 saturated heterocycles. The number of H-pyrrole nitrogens is 1. The third-order valence-corrected chi connectivity index (χ3v) is 7.42. The Hall–Kier alpha value is -5.95. The zero-order valence-corrected chi connectivity index (χ0v) is 26.0. The van der Waals surface area contributed by atoms with E-state index in [1.165, 1.54) is 19.2 Å². The molecule has 0 spiro atoms. The van der Waals surface area contributed by atoms with E-state index in [1.54, 1.807) is 24.3 Å². The number of hydrogen-bond donors (Lipinski definition) is 5. The van der Waals surface area contributed by atoms with Crippen LogP contribution in [-0.4, -0.2) is 67.7 Å². The second-order valence-electron chi connectivity index (χ2n) is 11.2. The molecule has 5 rings (SSSR count). The van der Waals surface area contributed by atoms with Gasteiger partial charge in [0.1, 0.15) is 17.1 Å². The predicted octanol–water partition coefficient (Wildman–Crippen LogP) is 3.28. The van der Waals surface area contributed by atoms with Crippen LogP contribution in [0.4, 0.5) is 5.69 Å². The number of benzene rings is 3. The molecule has 0 radical (unpaired) electrons. The molecule has 5 N–H and O–H groups in total. The Labute approximate surface area is 270 Å². The summed E-state index contributed by atoms with van der Waals surface area (Å²) in [7, 11) is 1.41. The van der Waals surface area contributed by atoms with Crippen molar-refractivity contribution in [2.24, 2.45) is 0 Å². The zero-order valence-electron chi connectivity index (χ0n) is 26.0. The minimum atomic E-state index is -1.67. The lowest BCUT2D eigenvalue weighted by Gasteiger charge is -2.27. The van der Waals surface area contributed by atoms with Crippen LogP contribution < -0.4 is 20.7 Å². The van der Waals surface area contributed by atoms with Gasteiger partial charge in [-0.25, -0.2) is 4.98 Å². The summed E-state index contributed by atoms with van der Waals surface area (Å²) in [5.74, 6) is -1.42. The minimum Gasteiger partial charge on any atom is -0.497 e. The number of ether oxygens (including phenoxy) is 1. The highest BCUT2D eigenvalue weighted by atomic mass is 16.5. The van der Waals surface area contributed by atoms with Gasteiger partial charge in [-0.15, -0.1) is 10.2 Å². The van der Waals surface area contributed by atoms with Gasteiger partial charge in [0.05, 0.1) is 18.7 Å². The van der Waals surface area contributed by atoms with Gasteiger partial charge in [-0.2, -0.15) is 5.21 Å². The number of pyridine rings is 1. The molecule has 2 heterocycles. The van der Waals surface area contributed by atoms with Crippen molar-refractivity contribution < 1.29 is 24.2 Å². The molecule has 0 saturated carbocycles. The predicted molar refractivity (Wildman–Crippen MR) is 173 cm³/mol. The van der Waals surface area contributed by atoms with Crippen LogP contribution >= 0.6 is 0 Å². The van der Waals surface area contributed by atoms with Gasteiger partial charge in [-0.05, 0) is 48.7 Å². The Balaban J connectivity index is 1.36. The second kappa shape index (κ2) is 14.4. The molecule has 0 bridgehead atoms. The first kappa shape index (κ1) is 32.4. The molecule has 0 aliphatic carbocycles. The molecule has 47 heavy (non-hydrogen) atoms. The molecule has 3 amide bonds. The first-order chi connectivity index (χ1) is 22.6. The number of nitrogens with zero attached hydrogens (tertiary/aromatic N) is 4. The van der Waals surface area contributed by atoms with Gasteiger partial charge < -0.3 is 25.8 Å². The maximum absolute atomic E-state index is 13.6. The second-order valence-corrected chi connectivity index (χ2v) is 11.2. The van der Waals surface area contributed by atoms with E-state index in [0.29, 0.717) is 17.1 Å². The largest absolute Gasteiger partial charge is 0.497 e. The fourth-order valence-corrected chi connectivity index (χ4v) is 4.90. The maximum Gasteiger partial charge on any atom is 0.270 e. The molecular weight excluding hydrogens is 600 g/mol. The number of rotatable bonds is 12. The quantitative estimate of drug-likeness (QED) is 0.137. The summed E-state index contributed by atoms with van der Waals surface area (Å²) in [6, 6.07) is 27.0. The average Bonchev–Trinajstić information content (AvgIpc) is 3.64. The van der Waals surface area contributed by atoms with Gasteiger partial charge in [0.25, 0.3) is 17.7 Å². The number of carbonyl (C=O) groups excluding carboxylic acids is 3. The molecule has 2 aromatic heterocycles. The van der Waals surface area contributed by atoms with Crippen molar-refractivity contribution in [2.75, 3.05) is 12.4 Å². The summed E-state index contributed by atoms with van der Waals surface area (Å²) < 4.78 is 5.37. The number of methoxy groups -OCH3 is 1. The summed E-state index contributed by atoms with van der Waals surface area (Å²) in [6.45, 7) is 3.71. The summed E-state index contributed by atoms with van der Waals surface area (Å²) in [5, 5.41) is 33.4. The Morgan fingerprint density at radius 1 is 0.894 bits per heavy atom. The molecule has 0 fully saturated rings. The van der Waals surface area contributed by atoms with Crippen LogP contribution in [0.3, 0.4) is 0 Å². The van der Waals surface area contributed by atoms with Crippen molar-refractivity contribution in [3.05, 3.63) is 120 Å². The topological polar surface area (TPSA) is 184 Å². The molecule has 3 aromatic carbocycles. The van der Waals surface area contributed by atoms with Gasteiger partial charge in [0.15, 0.2) is 6.10 Å². The van der Waals surface area contributed by atoms with Crippen molar-refractivity contribution in [1.29, 1.82) is 0 Å². The number of aromatic amines is 1. The van der Waals surface area contributed by atoms with Crippen molar-refractivity contribution in [2.45, 2.75) is 38.0 Å². The highest BCUT2D eigenvalue weighted by Crippen LogP contribution is 2.22. The number of aliphatic hydroxyl groups excluding tert-OH is 1. The Morgan fingerprint density at radius 3 is 2.23 bits per heavy atom.